The number of carboxylic acid groups (broad SMARTS) is 1. The summed E-state index contributed by atoms with van der Waals surface area (Å²) in [7, 11) is 1.53. The Hall–Kier alpha value is -2.19. The Morgan fingerprint density at radius 3 is 2.62 bits per heavy atom. The minimum atomic E-state index is -1.07. The molecule has 1 aromatic carbocycles. The molecular formula is C18H21F2N3O3. The second-order valence-corrected chi connectivity index (χ2v) is 7.15. The van der Waals surface area contributed by atoms with Crippen LogP contribution in [-0.4, -0.2) is 49.5 Å². The largest absolute Gasteiger partial charge is 0.478 e. The molecule has 0 aromatic heterocycles. The summed E-state index contributed by atoms with van der Waals surface area (Å²) in [4.78, 5) is 14.6. The molecule has 2 aliphatic heterocycles. The lowest BCUT2D eigenvalue weighted by atomic mass is 9.97. The van der Waals surface area contributed by atoms with E-state index < -0.39 is 17.6 Å². The maximum absolute atomic E-state index is 15.4. The normalized spacial score (nSPS) is 25.3. The van der Waals surface area contributed by atoms with E-state index in [4.69, 9.17) is 10.5 Å². The molecule has 0 bridgehead atoms. The van der Waals surface area contributed by atoms with Crippen LogP contribution in [-0.2, 0) is 16.0 Å². The molecule has 26 heavy (non-hydrogen) atoms. The number of halogens is 2. The number of nitrogens with two attached hydrogens (primary N) is 1. The molecule has 0 unspecified atom stereocenters. The average Bonchev–Trinajstić information content (AvgIpc) is 3.37. The lowest BCUT2D eigenvalue weighted by Crippen LogP contribution is -2.34. The van der Waals surface area contributed by atoms with Gasteiger partial charge >= 0.3 is 5.97 Å². The van der Waals surface area contributed by atoms with E-state index in [0.29, 0.717) is 18.7 Å². The van der Waals surface area contributed by atoms with Gasteiger partial charge in [0.1, 0.15) is 11.5 Å². The highest BCUT2D eigenvalue weighted by molar-refractivity contribution is 5.90. The van der Waals surface area contributed by atoms with Crippen molar-refractivity contribution in [3.05, 3.63) is 35.0 Å². The third kappa shape index (κ3) is 2.73. The molecule has 0 spiro atoms. The molecule has 4 rings (SSSR count). The van der Waals surface area contributed by atoms with Crippen LogP contribution >= 0.6 is 0 Å². The van der Waals surface area contributed by atoms with Gasteiger partial charge in [-0.25, -0.2) is 13.6 Å². The second-order valence-electron chi connectivity index (χ2n) is 7.15. The lowest BCUT2D eigenvalue weighted by Gasteiger charge is -2.31. The van der Waals surface area contributed by atoms with E-state index in [1.807, 2.05) is 0 Å². The molecule has 140 valence electrons. The molecule has 2 atom stereocenters. The van der Waals surface area contributed by atoms with Gasteiger partial charge in [-0.05, 0) is 24.5 Å². The van der Waals surface area contributed by atoms with Crippen LogP contribution in [0.3, 0.4) is 0 Å². The first-order valence-corrected chi connectivity index (χ1v) is 8.67. The van der Waals surface area contributed by atoms with Gasteiger partial charge in [0.2, 0.25) is 0 Å². The summed E-state index contributed by atoms with van der Waals surface area (Å²) >= 11 is 0. The van der Waals surface area contributed by atoms with Crippen molar-refractivity contribution in [2.75, 3.05) is 30.0 Å². The average molecular weight is 365 g/mol. The highest BCUT2D eigenvalue weighted by Gasteiger charge is 2.39. The highest BCUT2D eigenvalue weighted by Crippen LogP contribution is 2.44. The fourth-order valence-electron chi connectivity index (χ4n) is 3.84. The quantitative estimate of drug-likeness (QED) is 0.844. The van der Waals surface area contributed by atoms with Gasteiger partial charge in [0.25, 0.3) is 0 Å². The molecule has 2 fully saturated rings. The van der Waals surface area contributed by atoms with E-state index in [2.05, 4.69) is 0 Å². The molecule has 6 nitrogen and oxygen atoms in total. The van der Waals surface area contributed by atoms with Crippen LogP contribution in [0.1, 0.15) is 18.4 Å². The van der Waals surface area contributed by atoms with Crippen LogP contribution in [0.4, 0.5) is 20.2 Å². The van der Waals surface area contributed by atoms with Crippen molar-refractivity contribution in [2.24, 2.45) is 5.73 Å². The molecule has 2 heterocycles. The van der Waals surface area contributed by atoms with Crippen LogP contribution in [0.15, 0.2) is 17.8 Å². The first-order valence-electron chi connectivity index (χ1n) is 8.67. The number of benzene rings is 1. The summed E-state index contributed by atoms with van der Waals surface area (Å²) in [5.41, 5.74) is 6.66. The zero-order valence-electron chi connectivity index (χ0n) is 14.4. The molecule has 1 saturated heterocycles. The monoisotopic (exact) mass is 365 g/mol. The first-order chi connectivity index (χ1) is 12.4. The number of hydrogen-bond donors (Lipinski definition) is 2. The number of hydrogen-bond acceptors (Lipinski definition) is 5. The van der Waals surface area contributed by atoms with E-state index in [1.54, 1.807) is 9.80 Å². The van der Waals surface area contributed by atoms with Gasteiger partial charge in [0, 0.05) is 38.9 Å². The van der Waals surface area contributed by atoms with Crippen molar-refractivity contribution >= 4 is 17.3 Å². The summed E-state index contributed by atoms with van der Waals surface area (Å²) in [6, 6.07) is 0.988. The Morgan fingerprint density at radius 1 is 1.31 bits per heavy atom. The Bertz CT molecular complexity index is 794. The SMILES string of the molecule is CO[C@H]1CN(c2c(F)cc3c(c2F)N(C2CC2)C=C(C(=O)O)C3)C[C@H]1N. The summed E-state index contributed by atoms with van der Waals surface area (Å²) < 4.78 is 35.5. The second kappa shape index (κ2) is 6.21. The van der Waals surface area contributed by atoms with Crippen LogP contribution in [0.25, 0.3) is 0 Å². The number of rotatable bonds is 4. The van der Waals surface area contributed by atoms with Crippen LogP contribution in [0.2, 0.25) is 0 Å². The van der Waals surface area contributed by atoms with Gasteiger partial charge in [-0.1, -0.05) is 0 Å². The molecular weight excluding hydrogens is 344 g/mol. The summed E-state index contributed by atoms with van der Waals surface area (Å²) in [5, 5.41) is 9.32. The van der Waals surface area contributed by atoms with E-state index >= 15 is 4.39 Å². The van der Waals surface area contributed by atoms with E-state index in [1.165, 1.54) is 19.4 Å². The minimum Gasteiger partial charge on any atom is -0.478 e. The zero-order chi connectivity index (χ0) is 18.6. The van der Waals surface area contributed by atoms with Gasteiger partial charge in [-0.2, -0.15) is 0 Å². The standard InChI is InChI=1S/C18H21F2N3O3/c1-26-14-8-22(7-13(14)21)17-12(19)5-9-4-10(18(24)25)6-23(11-2-3-11)16(9)15(17)20/h5-6,11,13-14H,2-4,7-8,21H2,1H3,(H,24,25)/t13-,14+/m1/s1. The zero-order valence-corrected chi connectivity index (χ0v) is 14.4. The maximum atomic E-state index is 15.4. The topological polar surface area (TPSA) is 79.0 Å². The number of ether oxygens (including phenoxy) is 1. The number of carboxylic acids is 1. The highest BCUT2D eigenvalue weighted by atomic mass is 19.1. The number of nitrogens with zero attached hydrogens (tertiary/aromatic N) is 2. The molecule has 0 amide bonds. The van der Waals surface area contributed by atoms with Crippen molar-refractivity contribution in [2.45, 2.75) is 37.5 Å². The maximum Gasteiger partial charge on any atom is 0.333 e. The predicted molar refractivity (Wildman–Crippen MR) is 92.3 cm³/mol. The number of aliphatic carboxylic acids is 1. The molecule has 0 radical (unpaired) electrons. The molecule has 1 saturated carbocycles. The van der Waals surface area contributed by atoms with Gasteiger partial charge in [0.15, 0.2) is 5.82 Å². The molecule has 8 heteroatoms. The lowest BCUT2D eigenvalue weighted by molar-refractivity contribution is -0.132. The number of fused-ring (bicyclic) bond motifs is 1. The van der Waals surface area contributed by atoms with E-state index in [9.17, 15) is 14.3 Å². The Morgan fingerprint density at radius 2 is 2.04 bits per heavy atom. The van der Waals surface area contributed by atoms with Crippen LogP contribution in [0, 0.1) is 11.6 Å². The van der Waals surface area contributed by atoms with Crippen LogP contribution in [0.5, 0.6) is 0 Å². The van der Waals surface area contributed by atoms with Crippen molar-refractivity contribution in [3.63, 3.8) is 0 Å². The summed E-state index contributed by atoms with van der Waals surface area (Å²) in [6.45, 7) is 0.606. The summed E-state index contributed by atoms with van der Waals surface area (Å²) in [5.74, 6) is -2.43. The van der Waals surface area contributed by atoms with Gasteiger partial charge < -0.3 is 25.4 Å². The Kier molecular flexibility index (Phi) is 4.11. The molecule has 3 aliphatic rings. The Labute approximate surface area is 149 Å². The van der Waals surface area contributed by atoms with Crippen molar-refractivity contribution in [1.82, 2.24) is 0 Å². The Balaban J connectivity index is 1.78. The van der Waals surface area contributed by atoms with Gasteiger partial charge in [-0.3, -0.25) is 0 Å². The number of methoxy groups -OCH3 is 1. The summed E-state index contributed by atoms with van der Waals surface area (Å²) in [6.07, 6.45) is 2.91. The minimum absolute atomic E-state index is 0.00220. The van der Waals surface area contributed by atoms with Gasteiger partial charge in [0.05, 0.1) is 23.4 Å². The van der Waals surface area contributed by atoms with Gasteiger partial charge in [-0.15, -0.1) is 0 Å². The molecule has 1 aromatic rings. The fourth-order valence-corrected chi connectivity index (χ4v) is 3.84. The van der Waals surface area contributed by atoms with Crippen molar-refractivity contribution in [1.29, 1.82) is 0 Å². The first kappa shape index (κ1) is 17.2. The molecule has 3 N–H and O–H groups in total. The van der Waals surface area contributed by atoms with E-state index in [-0.39, 0.29) is 41.6 Å². The number of carbonyl (C=O) groups is 1. The predicted octanol–water partition coefficient (Wildman–Crippen LogP) is 1.62. The fraction of sp³-hybridized carbons (Fsp3) is 0.500. The number of anilines is 2. The molecule has 1 aliphatic carbocycles. The van der Waals surface area contributed by atoms with Crippen molar-refractivity contribution in [3.8, 4) is 0 Å². The van der Waals surface area contributed by atoms with Crippen LogP contribution < -0.4 is 15.5 Å². The van der Waals surface area contributed by atoms with Crippen molar-refractivity contribution < 1.29 is 23.4 Å². The third-order valence-electron chi connectivity index (χ3n) is 5.32. The third-order valence-corrected chi connectivity index (χ3v) is 5.32. The van der Waals surface area contributed by atoms with E-state index in [0.717, 1.165) is 12.8 Å². The smallest absolute Gasteiger partial charge is 0.333 e.